The number of thiazole rings is 1. The molecule has 3 rings (SSSR count). The Morgan fingerprint density at radius 3 is 2.19 bits per heavy atom. The summed E-state index contributed by atoms with van der Waals surface area (Å²) in [4.78, 5) is 45.9. The van der Waals surface area contributed by atoms with Crippen LogP contribution >= 0.6 is 11.3 Å². The SMILES string of the molecule is Cc1nc(C(=O)ON2C(=O)c3ccccc3C2=O)sc1C. The van der Waals surface area contributed by atoms with E-state index >= 15 is 0 Å². The van der Waals surface area contributed by atoms with Gasteiger partial charge in [0.15, 0.2) is 0 Å². The standard InChI is InChI=1S/C14H10N2O4S/c1-7-8(2)21-11(15-7)14(19)20-16-12(17)9-5-3-4-6-10(9)13(16)18/h3-6H,1-2H3. The number of carbonyl (C=O) groups excluding carboxylic acids is 3. The zero-order valence-corrected chi connectivity index (χ0v) is 12.1. The fourth-order valence-electron chi connectivity index (χ4n) is 1.93. The van der Waals surface area contributed by atoms with E-state index in [-0.39, 0.29) is 16.1 Å². The number of rotatable bonds is 2. The third kappa shape index (κ3) is 2.11. The number of benzene rings is 1. The van der Waals surface area contributed by atoms with E-state index in [2.05, 4.69) is 4.98 Å². The van der Waals surface area contributed by atoms with Gasteiger partial charge in [0.25, 0.3) is 11.8 Å². The average molecular weight is 302 g/mol. The summed E-state index contributed by atoms with van der Waals surface area (Å²) in [6.45, 7) is 3.59. The van der Waals surface area contributed by atoms with Gasteiger partial charge in [0.05, 0.1) is 16.8 Å². The molecule has 0 saturated heterocycles. The van der Waals surface area contributed by atoms with E-state index < -0.39 is 17.8 Å². The summed E-state index contributed by atoms with van der Waals surface area (Å²) in [7, 11) is 0. The largest absolute Gasteiger partial charge is 0.392 e. The van der Waals surface area contributed by atoms with Gasteiger partial charge in [-0.1, -0.05) is 17.2 Å². The number of aryl methyl sites for hydroxylation is 2. The highest BCUT2D eigenvalue weighted by Crippen LogP contribution is 2.24. The Hall–Kier alpha value is -2.54. The first-order chi connectivity index (χ1) is 9.99. The van der Waals surface area contributed by atoms with E-state index in [0.717, 1.165) is 16.2 Å². The predicted molar refractivity (Wildman–Crippen MR) is 73.9 cm³/mol. The molecule has 106 valence electrons. The molecule has 1 aromatic heterocycles. The normalized spacial score (nSPS) is 13.5. The summed E-state index contributed by atoms with van der Waals surface area (Å²) >= 11 is 1.16. The first kappa shape index (κ1) is 13.4. The minimum atomic E-state index is -0.814. The molecule has 0 bridgehead atoms. The molecule has 7 heteroatoms. The molecule has 0 unspecified atom stereocenters. The molecule has 0 N–H and O–H groups in total. The molecule has 0 radical (unpaired) electrons. The lowest BCUT2D eigenvalue weighted by molar-refractivity contribution is -0.0584. The van der Waals surface area contributed by atoms with Crippen LogP contribution in [0.15, 0.2) is 24.3 Å². The van der Waals surface area contributed by atoms with Gasteiger partial charge in [-0.2, -0.15) is 0 Å². The molecule has 0 spiro atoms. The van der Waals surface area contributed by atoms with Gasteiger partial charge in [-0.25, -0.2) is 9.78 Å². The molecule has 21 heavy (non-hydrogen) atoms. The van der Waals surface area contributed by atoms with Crippen LogP contribution in [0, 0.1) is 13.8 Å². The fraction of sp³-hybridized carbons (Fsp3) is 0.143. The minimum absolute atomic E-state index is 0.113. The van der Waals surface area contributed by atoms with Gasteiger partial charge >= 0.3 is 5.97 Å². The molecule has 1 aliphatic heterocycles. The molecule has 6 nitrogen and oxygen atoms in total. The van der Waals surface area contributed by atoms with Crippen LogP contribution in [-0.2, 0) is 4.84 Å². The molecule has 2 amide bonds. The van der Waals surface area contributed by atoms with Gasteiger partial charge in [-0.15, -0.1) is 11.3 Å². The van der Waals surface area contributed by atoms with Crippen molar-refractivity contribution in [3.05, 3.63) is 51.0 Å². The van der Waals surface area contributed by atoms with E-state index in [4.69, 9.17) is 4.84 Å². The van der Waals surface area contributed by atoms with Crippen molar-refractivity contribution in [2.75, 3.05) is 0 Å². The van der Waals surface area contributed by atoms with Crippen LogP contribution in [0.1, 0.15) is 41.1 Å². The van der Waals surface area contributed by atoms with E-state index in [1.807, 2.05) is 6.92 Å². The monoisotopic (exact) mass is 302 g/mol. The van der Waals surface area contributed by atoms with Gasteiger partial charge in [0.2, 0.25) is 5.01 Å². The van der Waals surface area contributed by atoms with E-state index in [9.17, 15) is 14.4 Å². The molecule has 0 atom stereocenters. The summed E-state index contributed by atoms with van der Waals surface area (Å²) in [5, 5.41) is 0.598. The van der Waals surface area contributed by atoms with E-state index in [1.165, 1.54) is 12.1 Å². The average Bonchev–Trinajstić information content (AvgIpc) is 2.93. The fourth-order valence-corrected chi connectivity index (χ4v) is 2.72. The predicted octanol–water partition coefficient (Wildman–Crippen LogP) is 2.13. The number of imide groups is 1. The Bertz CT molecular complexity index is 727. The van der Waals surface area contributed by atoms with Crippen LogP contribution in [-0.4, -0.2) is 27.8 Å². The van der Waals surface area contributed by atoms with Crippen molar-refractivity contribution in [1.29, 1.82) is 0 Å². The second kappa shape index (κ2) is 4.78. The van der Waals surface area contributed by atoms with Crippen LogP contribution in [0.5, 0.6) is 0 Å². The van der Waals surface area contributed by atoms with Crippen LogP contribution in [0.25, 0.3) is 0 Å². The van der Waals surface area contributed by atoms with Crippen molar-refractivity contribution in [2.45, 2.75) is 13.8 Å². The first-order valence-corrected chi connectivity index (χ1v) is 6.95. The molecular weight excluding hydrogens is 292 g/mol. The van der Waals surface area contributed by atoms with Crippen LogP contribution < -0.4 is 0 Å². The summed E-state index contributed by atoms with van der Waals surface area (Å²) in [5.41, 5.74) is 1.16. The quantitative estimate of drug-likeness (QED) is 0.794. The lowest BCUT2D eigenvalue weighted by atomic mass is 10.1. The highest BCUT2D eigenvalue weighted by molar-refractivity contribution is 7.13. The summed E-state index contributed by atoms with van der Waals surface area (Å²) in [6, 6.07) is 6.31. The Morgan fingerprint density at radius 2 is 1.71 bits per heavy atom. The maximum Gasteiger partial charge on any atom is 0.392 e. The first-order valence-electron chi connectivity index (χ1n) is 6.13. The Balaban J connectivity index is 1.85. The maximum absolute atomic E-state index is 12.1. The van der Waals surface area contributed by atoms with E-state index in [0.29, 0.717) is 10.8 Å². The second-order valence-corrected chi connectivity index (χ2v) is 5.69. The minimum Gasteiger partial charge on any atom is -0.322 e. The number of hydrogen-bond acceptors (Lipinski definition) is 6. The molecule has 0 fully saturated rings. The summed E-state index contributed by atoms with van der Waals surface area (Å²) < 4.78 is 0. The second-order valence-electron chi connectivity index (χ2n) is 4.49. The number of hydroxylamine groups is 2. The number of nitrogens with zero attached hydrogens (tertiary/aromatic N) is 2. The van der Waals surface area contributed by atoms with Crippen molar-refractivity contribution in [2.24, 2.45) is 0 Å². The summed E-state index contributed by atoms with van der Waals surface area (Å²) in [5.74, 6) is -2.10. The molecular formula is C14H10N2O4S. The number of fused-ring (bicyclic) bond motifs is 1. The van der Waals surface area contributed by atoms with Gasteiger partial charge in [0.1, 0.15) is 0 Å². The topological polar surface area (TPSA) is 76.6 Å². The molecule has 1 aromatic carbocycles. The Morgan fingerprint density at radius 1 is 1.14 bits per heavy atom. The number of hydrogen-bond donors (Lipinski definition) is 0. The zero-order valence-electron chi connectivity index (χ0n) is 11.2. The summed E-state index contributed by atoms with van der Waals surface area (Å²) in [6.07, 6.45) is 0. The zero-order chi connectivity index (χ0) is 15.1. The highest BCUT2D eigenvalue weighted by atomic mass is 32.1. The molecule has 1 aliphatic rings. The lowest BCUT2D eigenvalue weighted by Crippen LogP contribution is -2.32. The highest BCUT2D eigenvalue weighted by Gasteiger charge is 2.39. The molecule has 2 heterocycles. The van der Waals surface area contributed by atoms with Gasteiger partial charge < -0.3 is 4.84 Å². The number of amides is 2. The third-order valence-corrected chi connectivity index (χ3v) is 4.19. The van der Waals surface area contributed by atoms with Crippen molar-refractivity contribution in [3.8, 4) is 0 Å². The van der Waals surface area contributed by atoms with E-state index in [1.54, 1.807) is 19.1 Å². The van der Waals surface area contributed by atoms with Gasteiger partial charge in [-0.3, -0.25) is 9.59 Å². The Kier molecular flexibility index (Phi) is 3.06. The van der Waals surface area contributed by atoms with Crippen molar-refractivity contribution < 1.29 is 19.2 Å². The maximum atomic E-state index is 12.1. The van der Waals surface area contributed by atoms with Gasteiger partial charge in [0, 0.05) is 4.88 Å². The third-order valence-electron chi connectivity index (χ3n) is 3.13. The smallest absolute Gasteiger partial charge is 0.322 e. The van der Waals surface area contributed by atoms with Crippen LogP contribution in [0.3, 0.4) is 0 Å². The van der Waals surface area contributed by atoms with Crippen molar-refractivity contribution in [1.82, 2.24) is 10.0 Å². The molecule has 2 aromatic rings. The molecule has 0 aliphatic carbocycles. The van der Waals surface area contributed by atoms with Gasteiger partial charge in [-0.05, 0) is 26.0 Å². The lowest BCUT2D eigenvalue weighted by Gasteiger charge is -2.11. The van der Waals surface area contributed by atoms with Crippen LogP contribution in [0.4, 0.5) is 0 Å². The van der Waals surface area contributed by atoms with Crippen molar-refractivity contribution in [3.63, 3.8) is 0 Å². The number of carbonyl (C=O) groups is 3. The Labute approximate surface area is 123 Å². The molecule has 0 saturated carbocycles. The van der Waals surface area contributed by atoms with Crippen molar-refractivity contribution >= 4 is 29.1 Å². The van der Waals surface area contributed by atoms with Crippen LogP contribution in [0.2, 0.25) is 0 Å². The number of aromatic nitrogens is 1.